The number of carbonyl (C=O) groups excluding carboxylic acids is 1. The third kappa shape index (κ3) is 7.13. The van der Waals surface area contributed by atoms with E-state index in [9.17, 15) is 14.3 Å². The van der Waals surface area contributed by atoms with Crippen LogP contribution in [-0.2, 0) is 23.4 Å². The summed E-state index contributed by atoms with van der Waals surface area (Å²) in [5, 5.41) is 12.1. The lowest BCUT2D eigenvalue weighted by Crippen LogP contribution is -2.22. The highest BCUT2D eigenvalue weighted by atomic mass is 35.5. The van der Waals surface area contributed by atoms with E-state index >= 15 is 0 Å². The van der Waals surface area contributed by atoms with E-state index in [4.69, 9.17) is 27.9 Å². The Labute approximate surface area is 194 Å². The topological polar surface area (TPSA) is 62.2 Å². The fourth-order valence-electron chi connectivity index (χ4n) is 2.84. The minimum absolute atomic E-state index is 0.158. The Morgan fingerprint density at radius 1 is 1.03 bits per heavy atom. The van der Waals surface area contributed by atoms with Crippen molar-refractivity contribution in [2.45, 2.75) is 29.9 Å². The van der Waals surface area contributed by atoms with Crippen LogP contribution in [0.1, 0.15) is 23.4 Å². The molecule has 1 aromatic heterocycles. The molecule has 0 aliphatic rings. The van der Waals surface area contributed by atoms with E-state index in [-0.39, 0.29) is 18.7 Å². The molecule has 162 valence electrons. The highest BCUT2D eigenvalue weighted by Gasteiger charge is 2.11. The summed E-state index contributed by atoms with van der Waals surface area (Å²) in [4.78, 5) is 16.3. The summed E-state index contributed by atoms with van der Waals surface area (Å²) in [6.07, 6.45) is 0.622. The fraction of sp³-hybridized carbons (Fsp3) is 0.217. The van der Waals surface area contributed by atoms with E-state index in [2.05, 4.69) is 4.98 Å². The summed E-state index contributed by atoms with van der Waals surface area (Å²) >= 11 is 13.9. The summed E-state index contributed by atoms with van der Waals surface area (Å²) in [5.41, 5.74) is 2.24. The monoisotopic (exact) mass is 478 g/mol. The van der Waals surface area contributed by atoms with Crippen LogP contribution < -0.4 is 9.84 Å². The van der Waals surface area contributed by atoms with Crippen LogP contribution in [0.5, 0.6) is 5.75 Å². The van der Waals surface area contributed by atoms with Gasteiger partial charge in [0, 0.05) is 23.0 Å². The van der Waals surface area contributed by atoms with Crippen molar-refractivity contribution < 1.29 is 19.0 Å². The number of ether oxygens (including phenoxy) is 1. The zero-order valence-corrected chi connectivity index (χ0v) is 18.8. The van der Waals surface area contributed by atoms with Gasteiger partial charge in [0.15, 0.2) is 0 Å². The maximum Gasteiger partial charge on any atom is 0.140 e. The second-order valence-corrected chi connectivity index (χ2v) is 8.48. The number of aliphatic carboxylic acids is 1. The average Bonchev–Trinajstić information content (AvgIpc) is 2.74. The van der Waals surface area contributed by atoms with Gasteiger partial charge in [0.05, 0.1) is 28.0 Å². The molecule has 0 spiro atoms. The number of halogens is 3. The van der Waals surface area contributed by atoms with Crippen molar-refractivity contribution in [3.8, 4) is 5.75 Å². The molecule has 0 saturated heterocycles. The predicted molar refractivity (Wildman–Crippen MR) is 119 cm³/mol. The second kappa shape index (κ2) is 11.4. The number of nitrogens with zero attached hydrogens (tertiary/aromatic N) is 1. The van der Waals surface area contributed by atoms with Gasteiger partial charge in [-0.3, -0.25) is 4.98 Å². The Kier molecular flexibility index (Phi) is 8.58. The number of pyridine rings is 1. The standard InChI is InChI=1S/C23H20Cl2FNO3S/c24-18-2-1-3-19(25)23(18)31-14-17-8-10-21(20(27-17)9-11-22(28)29)30-13-12-15-4-6-16(26)7-5-15/h1-8,10H,9,11-14H2,(H,28,29)/p-1. The second-order valence-electron chi connectivity index (χ2n) is 6.68. The molecule has 0 aliphatic carbocycles. The first-order valence-corrected chi connectivity index (χ1v) is 11.3. The molecule has 1 heterocycles. The Hall–Kier alpha value is -2.28. The molecule has 0 saturated carbocycles. The molecule has 0 aliphatic heterocycles. The number of carboxylic acid groups (broad SMARTS) is 1. The van der Waals surface area contributed by atoms with Gasteiger partial charge in [0.25, 0.3) is 0 Å². The lowest BCUT2D eigenvalue weighted by molar-refractivity contribution is -0.305. The van der Waals surface area contributed by atoms with Crippen LogP contribution in [0.4, 0.5) is 4.39 Å². The smallest absolute Gasteiger partial charge is 0.140 e. The van der Waals surface area contributed by atoms with Crippen LogP contribution in [-0.4, -0.2) is 17.6 Å². The molecule has 0 bridgehead atoms. The number of hydrogen-bond acceptors (Lipinski definition) is 5. The molecule has 0 N–H and O–H groups in total. The van der Waals surface area contributed by atoms with Gasteiger partial charge in [-0.25, -0.2) is 4.39 Å². The first-order valence-electron chi connectivity index (χ1n) is 9.55. The van der Waals surface area contributed by atoms with Crippen LogP contribution in [0.3, 0.4) is 0 Å². The number of hydrogen-bond donors (Lipinski definition) is 0. The number of benzene rings is 2. The van der Waals surface area contributed by atoms with E-state index in [0.29, 0.717) is 40.3 Å². The molecule has 0 unspecified atom stereocenters. The van der Waals surface area contributed by atoms with Crippen LogP contribution in [0.25, 0.3) is 0 Å². The summed E-state index contributed by atoms with van der Waals surface area (Å²) < 4.78 is 18.9. The third-order valence-corrected chi connectivity index (χ3v) is 6.42. The third-order valence-electron chi connectivity index (χ3n) is 4.40. The summed E-state index contributed by atoms with van der Waals surface area (Å²) in [7, 11) is 0. The molecule has 3 rings (SSSR count). The van der Waals surface area contributed by atoms with Gasteiger partial charge in [-0.15, -0.1) is 11.8 Å². The first-order chi connectivity index (χ1) is 14.9. The van der Waals surface area contributed by atoms with Gasteiger partial charge >= 0.3 is 0 Å². The van der Waals surface area contributed by atoms with Crippen molar-refractivity contribution in [2.75, 3.05) is 6.61 Å². The lowest BCUT2D eigenvalue weighted by atomic mass is 10.1. The Bertz CT molecular complexity index is 1030. The zero-order chi connectivity index (χ0) is 22.2. The molecule has 4 nitrogen and oxygen atoms in total. The highest BCUT2D eigenvalue weighted by Crippen LogP contribution is 2.35. The van der Waals surface area contributed by atoms with Crippen LogP contribution in [0, 0.1) is 5.82 Å². The minimum atomic E-state index is -1.15. The lowest BCUT2D eigenvalue weighted by Gasteiger charge is -2.13. The molecule has 8 heteroatoms. The normalized spacial score (nSPS) is 10.8. The van der Waals surface area contributed by atoms with Gasteiger partial charge < -0.3 is 14.6 Å². The average molecular weight is 479 g/mol. The molecular weight excluding hydrogens is 460 g/mol. The number of rotatable bonds is 10. The van der Waals surface area contributed by atoms with Gasteiger partial charge in [-0.1, -0.05) is 41.4 Å². The van der Waals surface area contributed by atoms with E-state index in [1.807, 2.05) is 6.07 Å². The van der Waals surface area contributed by atoms with Crippen LogP contribution in [0.15, 0.2) is 59.5 Å². The number of aromatic nitrogens is 1. The molecule has 2 aromatic carbocycles. The van der Waals surface area contributed by atoms with Crippen molar-refractivity contribution in [1.82, 2.24) is 4.98 Å². The van der Waals surface area contributed by atoms with Crippen molar-refractivity contribution in [3.63, 3.8) is 0 Å². The Morgan fingerprint density at radius 3 is 2.42 bits per heavy atom. The van der Waals surface area contributed by atoms with Crippen LogP contribution >= 0.6 is 35.0 Å². The molecule has 0 atom stereocenters. The fourth-order valence-corrected chi connectivity index (χ4v) is 4.43. The van der Waals surface area contributed by atoms with E-state index in [0.717, 1.165) is 16.2 Å². The van der Waals surface area contributed by atoms with Crippen molar-refractivity contribution in [2.24, 2.45) is 0 Å². The quantitative estimate of drug-likeness (QED) is 0.378. The summed E-state index contributed by atoms with van der Waals surface area (Å²) in [6.45, 7) is 0.356. The Balaban J connectivity index is 1.68. The van der Waals surface area contributed by atoms with E-state index < -0.39 is 5.97 Å². The maximum atomic E-state index is 13.0. The van der Waals surface area contributed by atoms with Crippen molar-refractivity contribution in [3.05, 3.63) is 87.4 Å². The number of aryl methyl sites for hydroxylation is 1. The molecule has 0 fully saturated rings. The SMILES string of the molecule is O=C([O-])CCc1nc(CSc2c(Cl)cccc2Cl)ccc1OCCc1ccc(F)cc1. The molecule has 3 aromatic rings. The molecular formula is C23H19Cl2FNO3S-. The van der Waals surface area contributed by atoms with Crippen LogP contribution in [0.2, 0.25) is 10.0 Å². The van der Waals surface area contributed by atoms with Gasteiger partial charge in [-0.05, 0) is 54.8 Å². The summed E-state index contributed by atoms with van der Waals surface area (Å²) in [5.74, 6) is -0.406. The predicted octanol–water partition coefficient (Wildman–Crippen LogP) is 5.12. The van der Waals surface area contributed by atoms with E-state index in [1.165, 1.54) is 23.9 Å². The number of carboxylic acids is 1. The Morgan fingerprint density at radius 2 is 1.74 bits per heavy atom. The van der Waals surface area contributed by atoms with Gasteiger partial charge in [-0.2, -0.15) is 0 Å². The first kappa shape index (κ1) is 23.4. The largest absolute Gasteiger partial charge is 0.550 e. The van der Waals surface area contributed by atoms with Crippen molar-refractivity contribution in [1.29, 1.82) is 0 Å². The number of carbonyl (C=O) groups is 1. The molecule has 0 radical (unpaired) electrons. The van der Waals surface area contributed by atoms with Gasteiger partial charge in [0.1, 0.15) is 11.6 Å². The maximum absolute atomic E-state index is 13.0. The van der Waals surface area contributed by atoms with Crippen molar-refractivity contribution >= 4 is 40.9 Å². The van der Waals surface area contributed by atoms with E-state index in [1.54, 1.807) is 36.4 Å². The van der Waals surface area contributed by atoms with Gasteiger partial charge in [0.2, 0.25) is 0 Å². The molecule has 31 heavy (non-hydrogen) atoms. The minimum Gasteiger partial charge on any atom is -0.550 e. The zero-order valence-electron chi connectivity index (χ0n) is 16.4. The highest BCUT2D eigenvalue weighted by molar-refractivity contribution is 7.98. The summed E-state index contributed by atoms with van der Waals surface area (Å²) in [6, 6.07) is 15.1. The number of thioether (sulfide) groups is 1. The molecule has 0 amide bonds.